The van der Waals surface area contributed by atoms with Crippen molar-refractivity contribution in [3.05, 3.63) is 22.5 Å². The first-order valence-corrected chi connectivity index (χ1v) is 12.8. The highest BCUT2D eigenvalue weighted by molar-refractivity contribution is 9.12. The van der Waals surface area contributed by atoms with Crippen molar-refractivity contribution in [1.82, 2.24) is 9.80 Å². The van der Waals surface area contributed by atoms with Crippen LogP contribution in [0.1, 0.15) is 40.0 Å². The minimum Gasteiger partial charge on any atom is -0.340 e. The zero-order valence-corrected chi connectivity index (χ0v) is 18.8. The van der Waals surface area contributed by atoms with Crippen molar-refractivity contribution in [3.63, 3.8) is 0 Å². The Kier molecular flexibility index (Phi) is 7.33. The normalized spacial score (nSPS) is 26.8. The van der Waals surface area contributed by atoms with Crippen LogP contribution in [-0.2, 0) is 4.52 Å². The van der Waals surface area contributed by atoms with Gasteiger partial charge in [-0.15, -0.1) is 0 Å². The molecule has 4 nitrogen and oxygen atoms in total. The number of halogens is 2. The molecule has 0 aromatic rings. The topological polar surface area (TPSA) is 28.1 Å². The lowest BCUT2D eigenvalue weighted by atomic mass is 10.2. The fourth-order valence-corrected chi connectivity index (χ4v) is 5.73. The molecule has 2 unspecified atom stereocenters. The van der Waals surface area contributed by atoms with E-state index in [0.717, 1.165) is 35.5 Å². The second kappa shape index (κ2) is 8.59. The summed E-state index contributed by atoms with van der Waals surface area (Å²) in [5.74, 6) is 1.77. The highest BCUT2D eigenvalue weighted by atomic mass is 79.9. The van der Waals surface area contributed by atoms with Gasteiger partial charge in [-0.3, -0.25) is 4.90 Å². The smallest absolute Gasteiger partial charge is 0.340 e. The Morgan fingerprint density at radius 2 is 2.13 bits per heavy atom. The predicted molar refractivity (Wildman–Crippen MR) is 111 cm³/mol. The van der Waals surface area contributed by atoms with Crippen LogP contribution in [0.5, 0.6) is 0 Å². The van der Waals surface area contributed by atoms with E-state index in [-0.39, 0.29) is 4.95 Å². The van der Waals surface area contributed by atoms with Crippen LogP contribution >= 0.6 is 51.0 Å². The van der Waals surface area contributed by atoms with E-state index < -0.39 is 6.84 Å². The van der Waals surface area contributed by atoms with Crippen LogP contribution < -0.4 is 0 Å². The third-order valence-corrected chi connectivity index (χ3v) is 8.40. The second-order valence-electron chi connectivity index (χ2n) is 5.55. The van der Waals surface area contributed by atoms with Gasteiger partial charge in [0.15, 0.2) is 0 Å². The number of alkyl halides is 1. The van der Waals surface area contributed by atoms with Gasteiger partial charge in [0, 0.05) is 13.1 Å². The van der Waals surface area contributed by atoms with E-state index in [2.05, 4.69) is 68.5 Å². The Bertz CT molecular complexity index is 529. The molecule has 2 atom stereocenters. The van der Waals surface area contributed by atoms with Gasteiger partial charge in [0.05, 0.1) is 22.9 Å². The molecular formula is C15H25Br2N3OPS+. The molecule has 2 bridgehead atoms. The SMILES string of the molecule is CCCCCN(CC)C1=N[P+](S)(CC)OC2=CN1C(Br)C=C2Br. The summed E-state index contributed by atoms with van der Waals surface area (Å²) in [5.41, 5.74) is 0. The van der Waals surface area contributed by atoms with Crippen molar-refractivity contribution < 1.29 is 4.52 Å². The minimum atomic E-state index is -2.14. The maximum Gasteiger partial charge on any atom is 0.366 e. The lowest BCUT2D eigenvalue weighted by Gasteiger charge is -2.33. The van der Waals surface area contributed by atoms with Gasteiger partial charge in [0.2, 0.25) is 11.7 Å². The van der Waals surface area contributed by atoms with Crippen molar-refractivity contribution in [2.75, 3.05) is 19.3 Å². The number of unbranched alkanes of at least 4 members (excludes halogenated alkanes) is 2. The summed E-state index contributed by atoms with van der Waals surface area (Å²) >= 11 is 12.1. The van der Waals surface area contributed by atoms with Gasteiger partial charge in [-0.2, -0.15) is 0 Å². The van der Waals surface area contributed by atoms with Crippen molar-refractivity contribution in [2.45, 2.75) is 45.0 Å². The van der Waals surface area contributed by atoms with Crippen molar-refractivity contribution in [2.24, 2.45) is 4.76 Å². The molecule has 8 heteroatoms. The van der Waals surface area contributed by atoms with Crippen molar-refractivity contribution in [1.29, 1.82) is 0 Å². The van der Waals surface area contributed by atoms with E-state index in [1.165, 1.54) is 19.3 Å². The van der Waals surface area contributed by atoms with E-state index in [0.29, 0.717) is 0 Å². The monoisotopic (exact) mass is 484 g/mol. The molecule has 23 heavy (non-hydrogen) atoms. The molecule has 0 amide bonds. The summed E-state index contributed by atoms with van der Waals surface area (Å²) in [7, 11) is 0. The molecule has 2 aliphatic rings. The van der Waals surface area contributed by atoms with Crippen LogP contribution in [0, 0.1) is 0 Å². The molecule has 130 valence electrons. The summed E-state index contributed by atoms with van der Waals surface area (Å²) in [6.07, 6.45) is 8.54. The Hall–Kier alpha value is 0.290. The van der Waals surface area contributed by atoms with E-state index in [9.17, 15) is 0 Å². The van der Waals surface area contributed by atoms with Gasteiger partial charge < -0.3 is 9.42 Å². The highest BCUT2D eigenvalue weighted by Crippen LogP contribution is 2.69. The van der Waals surface area contributed by atoms with Gasteiger partial charge in [-0.1, -0.05) is 35.7 Å². The Balaban J connectivity index is 2.35. The third-order valence-electron chi connectivity index (χ3n) is 3.87. The van der Waals surface area contributed by atoms with Crippen LogP contribution in [0.4, 0.5) is 0 Å². The molecule has 0 saturated heterocycles. The highest BCUT2D eigenvalue weighted by Gasteiger charge is 2.44. The standard InChI is InChI=1S/C15H25Br2N3OPS/c1-4-7-8-9-19(5-2)15-18-22(23,6-3)21-13-11-20(15)14(17)10-12(13)16/h10-11,14,23H,4-9H2,1-3H3/q+1. The Labute approximate surface area is 162 Å². The summed E-state index contributed by atoms with van der Waals surface area (Å²) in [6.45, 7) is 6.27. The van der Waals surface area contributed by atoms with Gasteiger partial charge >= 0.3 is 6.84 Å². The second-order valence-corrected chi connectivity index (χ2v) is 11.6. The molecule has 0 aromatic carbocycles. The van der Waals surface area contributed by atoms with Crippen LogP contribution in [-0.4, -0.2) is 40.0 Å². The van der Waals surface area contributed by atoms with E-state index in [1.54, 1.807) is 0 Å². The summed E-state index contributed by atoms with van der Waals surface area (Å²) in [5, 5.41) is 0. The first-order valence-electron chi connectivity index (χ1n) is 8.11. The quantitative estimate of drug-likeness (QED) is 0.170. The number of nitrogens with zero attached hydrogens (tertiary/aromatic N) is 3. The lowest BCUT2D eigenvalue weighted by molar-refractivity contribution is 0.364. The molecule has 2 aliphatic heterocycles. The van der Waals surface area contributed by atoms with Crippen LogP contribution in [0.3, 0.4) is 0 Å². The summed E-state index contributed by atoms with van der Waals surface area (Å²) in [4.78, 5) is 4.53. The number of thiol groups is 1. The zero-order chi connectivity index (χ0) is 17.0. The molecule has 0 saturated carbocycles. The van der Waals surface area contributed by atoms with E-state index >= 15 is 0 Å². The molecule has 0 aliphatic carbocycles. The van der Waals surface area contributed by atoms with Gasteiger partial charge in [-0.25, -0.2) is 0 Å². The van der Waals surface area contributed by atoms with Crippen LogP contribution in [0.2, 0.25) is 0 Å². The Morgan fingerprint density at radius 1 is 1.39 bits per heavy atom. The maximum absolute atomic E-state index is 6.17. The fourth-order valence-electron chi connectivity index (χ4n) is 2.46. The average molecular weight is 486 g/mol. The van der Waals surface area contributed by atoms with Gasteiger partial charge in [0.25, 0.3) is 0 Å². The van der Waals surface area contributed by atoms with Crippen LogP contribution in [0.25, 0.3) is 0 Å². The molecule has 0 N–H and O–H groups in total. The van der Waals surface area contributed by atoms with Gasteiger partial charge in [-0.05, 0) is 47.0 Å². The zero-order valence-electron chi connectivity index (χ0n) is 13.9. The van der Waals surface area contributed by atoms with Crippen LogP contribution in [0.15, 0.2) is 27.3 Å². The molecule has 0 fully saturated rings. The largest absolute Gasteiger partial charge is 0.366 e. The number of fused-ring (bicyclic) bond motifs is 1. The van der Waals surface area contributed by atoms with Crippen molar-refractivity contribution >= 4 is 56.9 Å². The minimum absolute atomic E-state index is 0.0555. The van der Waals surface area contributed by atoms with Gasteiger partial charge in [0.1, 0.15) is 11.1 Å². The fraction of sp³-hybridized carbons (Fsp3) is 0.667. The first kappa shape index (κ1) is 19.6. The summed E-state index contributed by atoms with van der Waals surface area (Å²) < 4.78 is 12.1. The van der Waals surface area contributed by atoms with E-state index in [4.69, 9.17) is 21.5 Å². The molecule has 0 aromatic heterocycles. The Morgan fingerprint density at radius 3 is 2.74 bits per heavy atom. The third kappa shape index (κ3) is 4.68. The molecule has 0 spiro atoms. The number of hydrogen-bond donors (Lipinski definition) is 1. The van der Waals surface area contributed by atoms with Crippen molar-refractivity contribution in [3.8, 4) is 0 Å². The summed E-state index contributed by atoms with van der Waals surface area (Å²) in [6, 6.07) is 0. The molecule has 2 rings (SSSR count). The molecular weight excluding hydrogens is 461 g/mol. The maximum atomic E-state index is 6.17. The lowest BCUT2D eigenvalue weighted by Crippen LogP contribution is -2.45. The number of guanidine groups is 1. The molecule has 0 radical (unpaired) electrons. The predicted octanol–water partition coefficient (Wildman–Crippen LogP) is 5.75. The number of allylic oxidation sites excluding steroid dienone is 1. The first-order chi connectivity index (χ1) is 10.9. The number of rotatable bonds is 6. The van der Waals surface area contributed by atoms with E-state index in [1.807, 2.05) is 6.20 Å². The molecule has 2 heterocycles. The number of hydrogen-bond acceptors (Lipinski definition) is 5. The average Bonchev–Trinajstić information content (AvgIpc) is 2.66.